The zero-order chi connectivity index (χ0) is 27.4. The van der Waals surface area contributed by atoms with Crippen molar-refractivity contribution in [2.24, 2.45) is 11.8 Å². The molecular formula is C23H31F3N4O6. The number of nitrogens with zero attached hydrogens (tertiary/aromatic N) is 2. The molecule has 200 valence electrons. The van der Waals surface area contributed by atoms with Crippen LogP contribution < -0.4 is 10.6 Å². The topological polar surface area (TPSA) is 142 Å². The van der Waals surface area contributed by atoms with Crippen LogP contribution in [0.25, 0.3) is 0 Å². The minimum absolute atomic E-state index is 0.0932. The Labute approximate surface area is 206 Å². The summed E-state index contributed by atoms with van der Waals surface area (Å²) in [5, 5.41) is 25.4. The van der Waals surface area contributed by atoms with Gasteiger partial charge in [-0.3, -0.25) is 24.5 Å². The van der Waals surface area contributed by atoms with E-state index in [1.807, 2.05) is 0 Å². The minimum Gasteiger partial charge on any atom is -0.382 e. The van der Waals surface area contributed by atoms with Gasteiger partial charge in [-0.15, -0.1) is 0 Å². The molecule has 1 heterocycles. The fourth-order valence-corrected chi connectivity index (χ4v) is 4.03. The zero-order valence-electron chi connectivity index (χ0n) is 20.4. The van der Waals surface area contributed by atoms with Gasteiger partial charge in [-0.05, 0) is 36.8 Å². The largest absolute Gasteiger partial charge is 0.416 e. The summed E-state index contributed by atoms with van der Waals surface area (Å²) in [6, 6.07) is 1.10. The summed E-state index contributed by atoms with van der Waals surface area (Å²) in [5.41, 5.74) is -0.111. The summed E-state index contributed by atoms with van der Waals surface area (Å²) in [7, 11) is 0. The van der Waals surface area contributed by atoms with Crippen LogP contribution >= 0.6 is 0 Å². The van der Waals surface area contributed by atoms with Gasteiger partial charge in [0.1, 0.15) is 12.1 Å². The number of benzene rings is 1. The summed E-state index contributed by atoms with van der Waals surface area (Å²) in [6.45, 7) is 6.39. The molecule has 1 saturated heterocycles. The quantitative estimate of drug-likeness (QED) is 0.340. The lowest BCUT2D eigenvalue weighted by atomic mass is 9.97. The first-order valence-corrected chi connectivity index (χ1v) is 11.6. The van der Waals surface area contributed by atoms with Crippen molar-refractivity contribution in [3.05, 3.63) is 39.9 Å². The highest BCUT2D eigenvalue weighted by Gasteiger charge is 2.47. The van der Waals surface area contributed by atoms with E-state index in [1.165, 1.54) is 30.9 Å². The molecule has 0 spiro atoms. The molecule has 1 aliphatic rings. The Hall–Kier alpha value is -3.22. The van der Waals surface area contributed by atoms with E-state index in [9.17, 15) is 42.8 Å². The van der Waals surface area contributed by atoms with Gasteiger partial charge in [-0.1, -0.05) is 27.7 Å². The molecule has 2 rings (SSSR count). The van der Waals surface area contributed by atoms with Gasteiger partial charge in [-0.25, -0.2) is 0 Å². The Bertz CT molecular complexity index is 968. The van der Waals surface area contributed by atoms with Crippen molar-refractivity contribution in [1.82, 2.24) is 15.5 Å². The van der Waals surface area contributed by atoms with Crippen molar-refractivity contribution in [3.63, 3.8) is 0 Å². The highest BCUT2D eigenvalue weighted by molar-refractivity contribution is 5.98. The number of halogens is 3. The van der Waals surface area contributed by atoms with Crippen molar-refractivity contribution < 1.29 is 37.6 Å². The average Bonchev–Trinajstić information content (AvgIpc) is 3.29. The highest BCUT2D eigenvalue weighted by atomic mass is 19.4. The third kappa shape index (κ3) is 6.93. The second kappa shape index (κ2) is 11.7. The molecular weight excluding hydrogens is 485 g/mol. The number of amides is 3. The van der Waals surface area contributed by atoms with E-state index < -0.39 is 64.9 Å². The van der Waals surface area contributed by atoms with Gasteiger partial charge >= 0.3 is 6.18 Å². The van der Waals surface area contributed by atoms with Gasteiger partial charge in [0.15, 0.2) is 6.10 Å². The molecule has 10 nitrogen and oxygen atoms in total. The molecule has 13 heteroatoms. The van der Waals surface area contributed by atoms with E-state index in [0.717, 1.165) is 12.1 Å². The molecule has 0 radical (unpaired) electrons. The first kappa shape index (κ1) is 29.0. The van der Waals surface area contributed by atoms with Crippen LogP contribution in [0.4, 0.5) is 18.9 Å². The van der Waals surface area contributed by atoms with Crippen molar-refractivity contribution >= 4 is 23.4 Å². The van der Waals surface area contributed by atoms with Crippen LogP contribution in [-0.4, -0.2) is 69.6 Å². The van der Waals surface area contributed by atoms with Gasteiger partial charge in [0.05, 0.1) is 11.0 Å². The number of nitrogens with one attached hydrogen (secondary N) is 2. The number of nitro benzene ring substituents is 1. The number of hydrogen-bond acceptors (Lipinski definition) is 6. The number of alkyl halides is 3. The first-order chi connectivity index (χ1) is 16.6. The van der Waals surface area contributed by atoms with Gasteiger partial charge in [-0.2, -0.15) is 13.2 Å². The molecule has 0 aromatic heterocycles. The average molecular weight is 517 g/mol. The fourth-order valence-electron chi connectivity index (χ4n) is 4.03. The van der Waals surface area contributed by atoms with Crippen LogP contribution in [0.15, 0.2) is 24.3 Å². The molecule has 1 aliphatic heterocycles. The second-order valence-corrected chi connectivity index (χ2v) is 9.45. The molecule has 1 aromatic rings. The monoisotopic (exact) mass is 516 g/mol. The van der Waals surface area contributed by atoms with Crippen LogP contribution in [0, 0.1) is 22.0 Å². The summed E-state index contributed by atoms with van der Waals surface area (Å²) in [6.07, 6.45) is -7.06. The number of carbonyl (C=O) groups excluding carboxylic acids is 3. The van der Waals surface area contributed by atoms with Crippen molar-refractivity contribution in [2.45, 2.75) is 70.9 Å². The third-order valence-corrected chi connectivity index (χ3v) is 6.10. The van der Waals surface area contributed by atoms with E-state index in [1.54, 1.807) is 13.8 Å². The van der Waals surface area contributed by atoms with Gasteiger partial charge in [0.2, 0.25) is 11.8 Å². The Morgan fingerprint density at radius 1 is 1.08 bits per heavy atom. The third-order valence-electron chi connectivity index (χ3n) is 6.10. The Balaban J connectivity index is 2.17. The van der Waals surface area contributed by atoms with Gasteiger partial charge < -0.3 is 20.6 Å². The van der Waals surface area contributed by atoms with E-state index in [0.29, 0.717) is 6.42 Å². The number of aliphatic hydroxyl groups is 1. The number of carbonyl (C=O) groups is 3. The van der Waals surface area contributed by atoms with Gasteiger partial charge in [0.25, 0.3) is 11.6 Å². The number of hydrogen-bond donors (Lipinski definition) is 3. The summed E-state index contributed by atoms with van der Waals surface area (Å²) < 4.78 is 39.2. The van der Waals surface area contributed by atoms with Crippen LogP contribution in [0.5, 0.6) is 0 Å². The van der Waals surface area contributed by atoms with Crippen LogP contribution in [-0.2, 0) is 9.59 Å². The molecule has 0 bridgehead atoms. The van der Waals surface area contributed by atoms with Crippen LogP contribution in [0.1, 0.15) is 50.9 Å². The van der Waals surface area contributed by atoms with Crippen molar-refractivity contribution in [2.75, 3.05) is 6.54 Å². The maximum absolute atomic E-state index is 13.3. The second-order valence-electron chi connectivity index (χ2n) is 9.45. The summed E-state index contributed by atoms with van der Waals surface area (Å²) in [5.74, 6) is -3.17. The number of rotatable bonds is 9. The predicted octanol–water partition coefficient (Wildman–Crippen LogP) is 2.40. The van der Waals surface area contributed by atoms with Crippen LogP contribution in [0.3, 0.4) is 0 Å². The number of likely N-dealkylation sites (tertiary alicyclic amines) is 1. The Morgan fingerprint density at radius 3 is 2.14 bits per heavy atom. The maximum Gasteiger partial charge on any atom is 0.416 e. The van der Waals surface area contributed by atoms with Crippen molar-refractivity contribution in [3.8, 4) is 0 Å². The SMILES string of the molecule is CC(C)C(NC(=O)[C@@H]1CCCN1C(=O)[C@@H](NC(=O)c1ccc([N+](=O)[O-])cc1)C(C)C)C(O)C(F)(F)F. The Morgan fingerprint density at radius 2 is 1.67 bits per heavy atom. The lowest BCUT2D eigenvalue weighted by molar-refractivity contribution is -0.384. The van der Waals surface area contributed by atoms with Crippen molar-refractivity contribution in [1.29, 1.82) is 0 Å². The normalized spacial score (nSPS) is 18.6. The first-order valence-electron chi connectivity index (χ1n) is 11.6. The summed E-state index contributed by atoms with van der Waals surface area (Å²) >= 11 is 0. The number of nitro groups is 1. The van der Waals surface area contributed by atoms with E-state index >= 15 is 0 Å². The number of non-ortho nitro benzene ring substituents is 1. The molecule has 36 heavy (non-hydrogen) atoms. The van der Waals surface area contributed by atoms with E-state index in [2.05, 4.69) is 10.6 Å². The lowest BCUT2D eigenvalue weighted by Crippen LogP contribution is -2.59. The number of aliphatic hydroxyl groups excluding tert-OH is 1. The molecule has 0 saturated carbocycles. The molecule has 3 N–H and O–H groups in total. The molecule has 1 aromatic carbocycles. The minimum atomic E-state index is -4.93. The smallest absolute Gasteiger partial charge is 0.382 e. The molecule has 0 aliphatic carbocycles. The van der Waals surface area contributed by atoms with E-state index in [4.69, 9.17) is 0 Å². The van der Waals surface area contributed by atoms with E-state index in [-0.39, 0.29) is 24.2 Å². The lowest BCUT2D eigenvalue weighted by Gasteiger charge is -2.33. The molecule has 3 amide bonds. The molecule has 1 fully saturated rings. The molecule has 4 atom stereocenters. The van der Waals surface area contributed by atoms with Crippen LogP contribution in [0.2, 0.25) is 0 Å². The Kier molecular flexibility index (Phi) is 9.41. The fraction of sp³-hybridized carbons (Fsp3) is 0.609. The summed E-state index contributed by atoms with van der Waals surface area (Å²) in [4.78, 5) is 50.4. The van der Waals surface area contributed by atoms with Gasteiger partial charge in [0, 0.05) is 24.2 Å². The zero-order valence-corrected chi connectivity index (χ0v) is 20.4. The molecule has 2 unspecified atom stereocenters. The standard InChI is InChI=1S/C23H31F3N4O6/c1-12(2)17(19(31)23(24,25)26)27-21(33)16-6-5-11-29(16)22(34)18(13(3)4)28-20(32)14-7-9-15(10-8-14)30(35)36/h7-10,12-13,16-19,31H,5-6,11H2,1-4H3,(H,27,33)(H,28,32)/t16-,17?,18-,19?/m0/s1. The maximum atomic E-state index is 13.3. The predicted molar refractivity (Wildman–Crippen MR) is 123 cm³/mol. The highest BCUT2D eigenvalue weighted by Crippen LogP contribution is 2.27.